The number of hydrogen-bond donors (Lipinski definition) is 2. The number of benzene rings is 3. The fourth-order valence-corrected chi connectivity index (χ4v) is 4.74. The van der Waals surface area contributed by atoms with Gasteiger partial charge in [0, 0.05) is 36.2 Å². The van der Waals surface area contributed by atoms with E-state index in [-0.39, 0.29) is 30.8 Å². The van der Waals surface area contributed by atoms with Crippen LogP contribution in [0.1, 0.15) is 33.8 Å². The molecule has 2 N–H and O–H groups in total. The molecule has 2 amide bonds. The molecule has 1 fully saturated rings. The van der Waals surface area contributed by atoms with Crippen LogP contribution in [-0.4, -0.2) is 47.7 Å². The number of likely N-dealkylation sites (tertiary alicyclic amines) is 1. The fraction of sp³-hybridized carbons (Fsp3) is 0.222. The molecular weight excluding hydrogens is 432 g/mol. The van der Waals surface area contributed by atoms with Crippen LogP contribution in [0.4, 0.5) is 10.5 Å². The number of anilines is 1. The molecule has 1 aliphatic heterocycles. The largest absolute Gasteiger partial charge is 0.481 e. The van der Waals surface area contributed by atoms with E-state index in [9.17, 15) is 14.4 Å². The van der Waals surface area contributed by atoms with E-state index in [1.54, 1.807) is 29.2 Å². The Kier molecular flexibility index (Phi) is 5.76. The highest BCUT2D eigenvalue weighted by Crippen LogP contribution is 2.44. The molecule has 0 aromatic heterocycles. The number of nitrogens with zero attached hydrogens (tertiary/aromatic N) is 1. The molecule has 0 bridgehead atoms. The zero-order chi connectivity index (χ0) is 23.7. The van der Waals surface area contributed by atoms with Crippen molar-refractivity contribution in [1.29, 1.82) is 0 Å². The molecule has 7 heteroatoms. The van der Waals surface area contributed by atoms with Gasteiger partial charge in [0.15, 0.2) is 0 Å². The van der Waals surface area contributed by atoms with E-state index in [1.807, 2.05) is 24.3 Å². The maximum Gasteiger partial charge on any atom is 0.411 e. The smallest absolute Gasteiger partial charge is 0.411 e. The van der Waals surface area contributed by atoms with E-state index < -0.39 is 12.1 Å². The van der Waals surface area contributed by atoms with Gasteiger partial charge in [-0.3, -0.25) is 14.9 Å². The molecule has 1 aliphatic carbocycles. The van der Waals surface area contributed by atoms with Crippen LogP contribution in [0.25, 0.3) is 11.1 Å². The molecule has 1 saturated heterocycles. The van der Waals surface area contributed by atoms with Crippen molar-refractivity contribution >= 4 is 23.7 Å². The number of rotatable bonds is 6. The van der Waals surface area contributed by atoms with E-state index >= 15 is 0 Å². The summed E-state index contributed by atoms with van der Waals surface area (Å²) in [7, 11) is 0. The summed E-state index contributed by atoms with van der Waals surface area (Å²) in [5, 5.41) is 11.5. The third-order valence-corrected chi connectivity index (χ3v) is 6.43. The summed E-state index contributed by atoms with van der Waals surface area (Å²) in [5.41, 5.74) is 5.66. The number of fused-ring (bicyclic) bond motifs is 3. The highest BCUT2D eigenvalue weighted by atomic mass is 16.5. The van der Waals surface area contributed by atoms with Gasteiger partial charge in [-0.05, 0) is 46.5 Å². The number of carbonyl (C=O) groups is 3. The molecule has 0 spiro atoms. The number of carbonyl (C=O) groups excluding carboxylic acids is 2. The molecule has 34 heavy (non-hydrogen) atoms. The van der Waals surface area contributed by atoms with E-state index in [2.05, 4.69) is 29.6 Å². The van der Waals surface area contributed by atoms with Crippen LogP contribution in [0.5, 0.6) is 0 Å². The van der Waals surface area contributed by atoms with Gasteiger partial charge in [-0.25, -0.2) is 4.79 Å². The lowest BCUT2D eigenvalue weighted by Gasteiger charge is -2.38. The standard InChI is InChI=1S/C27H24N2O5/c30-25(31)13-17-14-29(15-17)26(32)18-9-11-19(12-10-18)28-27(33)34-16-24-22-7-3-1-5-20(22)21-6-2-4-8-23(21)24/h1-12,17,24H,13-16H2,(H,28,33)(H,30,31). The van der Waals surface area contributed by atoms with E-state index in [0.717, 1.165) is 11.1 Å². The molecule has 0 unspecified atom stereocenters. The zero-order valence-electron chi connectivity index (χ0n) is 18.4. The Morgan fingerprint density at radius 3 is 2.06 bits per heavy atom. The third kappa shape index (κ3) is 4.24. The van der Waals surface area contributed by atoms with Crippen molar-refractivity contribution in [2.45, 2.75) is 12.3 Å². The van der Waals surface area contributed by atoms with Gasteiger partial charge < -0.3 is 14.7 Å². The molecule has 0 atom stereocenters. The molecule has 0 saturated carbocycles. The second-order valence-electron chi connectivity index (χ2n) is 8.70. The molecular formula is C27H24N2O5. The molecule has 1 heterocycles. The van der Waals surface area contributed by atoms with Crippen LogP contribution in [0.2, 0.25) is 0 Å². The average Bonchev–Trinajstić information content (AvgIpc) is 3.13. The number of aliphatic carboxylic acids is 1. The maximum absolute atomic E-state index is 12.5. The van der Waals surface area contributed by atoms with Gasteiger partial charge in [0.1, 0.15) is 6.61 Å². The predicted octanol–water partition coefficient (Wildman–Crippen LogP) is 4.59. The third-order valence-electron chi connectivity index (χ3n) is 6.43. The Morgan fingerprint density at radius 1 is 0.882 bits per heavy atom. The first-order valence-electron chi connectivity index (χ1n) is 11.2. The molecule has 7 nitrogen and oxygen atoms in total. The number of hydrogen-bond acceptors (Lipinski definition) is 4. The van der Waals surface area contributed by atoms with Crippen LogP contribution in [0, 0.1) is 5.92 Å². The van der Waals surface area contributed by atoms with Crippen molar-refractivity contribution in [3.8, 4) is 11.1 Å². The Labute approximate surface area is 197 Å². The molecule has 5 rings (SSSR count). The Hall–Kier alpha value is -4.13. The highest BCUT2D eigenvalue weighted by molar-refractivity contribution is 5.95. The molecule has 3 aromatic rings. The van der Waals surface area contributed by atoms with Crippen molar-refractivity contribution in [1.82, 2.24) is 4.90 Å². The summed E-state index contributed by atoms with van der Waals surface area (Å²) in [4.78, 5) is 37.3. The van der Waals surface area contributed by atoms with Crippen LogP contribution in [0.3, 0.4) is 0 Å². The predicted molar refractivity (Wildman–Crippen MR) is 127 cm³/mol. The number of ether oxygens (including phenoxy) is 1. The van der Waals surface area contributed by atoms with Gasteiger partial charge in [0.25, 0.3) is 5.91 Å². The van der Waals surface area contributed by atoms with Gasteiger partial charge in [-0.2, -0.15) is 0 Å². The van der Waals surface area contributed by atoms with Gasteiger partial charge in [0.2, 0.25) is 0 Å². The number of amides is 2. The number of carboxylic acids is 1. The normalized spacial score (nSPS) is 14.6. The van der Waals surface area contributed by atoms with Gasteiger partial charge in [-0.1, -0.05) is 48.5 Å². The quantitative estimate of drug-likeness (QED) is 0.565. The zero-order valence-corrected chi connectivity index (χ0v) is 18.4. The van der Waals surface area contributed by atoms with Gasteiger partial charge >= 0.3 is 12.1 Å². The topological polar surface area (TPSA) is 95.9 Å². The van der Waals surface area contributed by atoms with E-state index in [4.69, 9.17) is 9.84 Å². The van der Waals surface area contributed by atoms with E-state index in [0.29, 0.717) is 24.3 Å². The maximum atomic E-state index is 12.5. The first kappa shape index (κ1) is 21.7. The van der Waals surface area contributed by atoms with Crippen molar-refractivity contribution in [2.24, 2.45) is 5.92 Å². The van der Waals surface area contributed by atoms with Crippen LogP contribution in [0.15, 0.2) is 72.8 Å². The molecule has 3 aromatic carbocycles. The van der Waals surface area contributed by atoms with Crippen molar-refractivity contribution in [3.63, 3.8) is 0 Å². The van der Waals surface area contributed by atoms with E-state index in [1.165, 1.54) is 11.1 Å². The minimum Gasteiger partial charge on any atom is -0.481 e. The second-order valence-corrected chi connectivity index (χ2v) is 8.70. The molecule has 0 radical (unpaired) electrons. The summed E-state index contributed by atoms with van der Waals surface area (Å²) in [5.74, 6) is -0.995. The van der Waals surface area contributed by atoms with Crippen LogP contribution < -0.4 is 5.32 Å². The molecule has 2 aliphatic rings. The monoisotopic (exact) mass is 456 g/mol. The summed E-state index contributed by atoms with van der Waals surface area (Å²) >= 11 is 0. The number of carboxylic acid groups (broad SMARTS) is 1. The lowest BCUT2D eigenvalue weighted by Crippen LogP contribution is -2.50. The molecule has 172 valence electrons. The number of nitrogens with one attached hydrogen (secondary N) is 1. The Balaban J connectivity index is 1.16. The lowest BCUT2D eigenvalue weighted by atomic mass is 9.95. The summed E-state index contributed by atoms with van der Waals surface area (Å²) in [6.07, 6.45) is -0.479. The fourth-order valence-electron chi connectivity index (χ4n) is 4.74. The second kappa shape index (κ2) is 9.02. The van der Waals surface area contributed by atoms with Crippen molar-refractivity contribution in [2.75, 3.05) is 25.0 Å². The minimum absolute atomic E-state index is 0.0101. The Bertz CT molecular complexity index is 1200. The summed E-state index contributed by atoms with van der Waals surface area (Å²) in [6.45, 7) is 1.12. The first-order valence-corrected chi connectivity index (χ1v) is 11.2. The summed E-state index contributed by atoms with van der Waals surface area (Å²) in [6, 6.07) is 22.9. The van der Waals surface area contributed by atoms with Crippen molar-refractivity contribution < 1.29 is 24.2 Å². The van der Waals surface area contributed by atoms with Crippen LogP contribution in [-0.2, 0) is 9.53 Å². The van der Waals surface area contributed by atoms with Gasteiger partial charge in [-0.15, -0.1) is 0 Å². The summed E-state index contributed by atoms with van der Waals surface area (Å²) < 4.78 is 5.56. The highest BCUT2D eigenvalue weighted by Gasteiger charge is 2.32. The van der Waals surface area contributed by atoms with Gasteiger partial charge in [0.05, 0.1) is 6.42 Å². The van der Waals surface area contributed by atoms with Crippen LogP contribution >= 0.6 is 0 Å². The first-order chi connectivity index (χ1) is 16.5. The SMILES string of the molecule is O=C(O)CC1CN(C(=O)c2ccc(NC(=O)OCC3c4ccccc4-c4ccccc43)cc2)C1. The Morgan fingerprint density at radius 2 is 1.47 bits per heavy atom. The van der Waals surface area contributed by atoms with Crippen molar-refractivity contribution in [3.05, 3.63) is 89.5 Å². The minimum atomic E-state index is -0.847. The average molecular weight is 456 g/mol. The lowest BCUT2D eigenvalue weighted by molar-refractivity contribution is -0.139.